The van der Waals surface area contributed by atoms with Crippen LogP contribution in [0.3, 0.4) is 0 Å². The SMILES string of the molecule is CCC(CC)[C@@H](O)CNC(=O)NCc1nc(C(F)F)no1. The van der Waals surface area contributed by atoms with Crippen LogP contribution >= 0.6 is 0 Å². The van der Waals surface area contributed by atoms with Crippen LogP contribution in [0.1, 0.15) is 44.8 Å². The zero-order chi connectivity index (χ0) is 15.8. The van der Waals surface area contributed by atoms with Crippen LogP contribution in [0.2, 0.25) is 0 Å². The van der Waals surface area contributed by atoms with Crippen molar-refractivity contribution in [2.75, 3.05) is 6.54 Å². The number of carbonyl (C=O) groups is 1. The number of halogens is 2. The highest BCUT2D eigenvalue weighted by Gasteiger charge is 2.17. The quantitative estimate of drug-likeness (QED) is 0.677. The zero-order valence-corrected chi connectivity index (χ0v) is 12.0. The molecule has 0 aliphatic rings. The molecular weight excluding hydrogens is 286 g/mol. The fraction of sp³-hybridized carbons (Fsp3) is 0.750. The molecule has 9 heteroatoms. The van der Waals surface area contributed by atoms with E-state index < -0.39 is 24.4 Å². The minimum atomic E-state index is -2.81. The molecule has 2 amide bonds. The number of hydrogen-bond donors (Lipinski definition) is 3. The molecule has 21 heavy (non-hydrogen) atoms. The van der Waals surface area contributed by atoms with E-state index in [1.807, 2.05) is 13.8 Å². The number of aliphatic hydroxyl groups is 1. The molecule has 1 atom stereocenters. The monoisotopic (exact) mass is 306 g/mol. The summed E-state index contributed by atoms with van der Waals surface area (Å²) in [6, 6.07) is -0.545. The maximum Gasteiger partial charge on any atom is 0.315 e. The normalized spacial score (nSPS) is 12.7. The average Bonchev–Trinajstić information content (AvgIpc) is 2.93. The van der Waals surface area contributed by atoms with Gasteiger partial charge in [-0.3, -0.25) is 0 Å². The second-order valence-corrected chi connectivity index (χ2v) is 4.55. The van der Waals surface area contributed by atoms with Gasteiger partial charge in [-0.05, 0) is 5.92 Å². The Kier molecular flexibility index (Phi) is 7.00. The van der Waals surface area contributed by atoms with Crippen LogP contribution < -0.4 is 10.6 Å². The van der Waals surface area contributed by atoms with Crippen molar-refractivity contribution in [1.82, 2.24) is 20.8 Å². The molecule has 0 aromatic carbocycles. The molecule has 1 aromatic rings. The molecule has 0 spiro atoms. The number of nitrogens with zero attached hydrogens (tertiary/aromatic N) is 2. The van der Waals surface area contributed by atoms with E-state index >= 15 is 0 Å². The van der Waals surface area contributed by atoms with Gasteiger partial charge in [-0.15, -0.1) is 0 Å². The van der Waals surface area contributed by atoms with Gasteiger partial charge < -0.3 is 20.3 Å². The maximum absolute atomic E-state index is 12.2. The van der Waals surface area contributed by atoms with Crippen molar-refractivity contribution in [3.8, 4) is 0 Å². The molecular formula is C12H20F2N4O3. The van der Waals surface area contributed by atoms with Crippen molar-refractivity contribution in [2.45, 2.75) is 45.8 Å². The zero-order valence-electron chi connectivity index (χ0n) is 12.0. The number of amides is 2. The van der Waals surface area contributed by atoms with E-state index in [1.54, 1.807) is 0 Å². The number of aromatic nitrogens is 2. The molecule has 0 radical (unpaired) electrons. The Morgan fingerprint density at radius 3 is 2.52 bits per heavy atom. The Labute approximate surface area is 121 Å². The Bertz CT molecular complexity index is 438. The highest BCUT2D eigenvalue weighted by molar-refractivity contribution is 5.73. The number of hydrogen-bond acceptors (Lipinski definition) is 5. The summed E-state index contributed by atoms with van der Waals surface area (Å²) < 4.78 is 29.0. The van der Waals surface area contributed by atoms with Gasteiger partial charge >= 0.3 is 12.5 Å². The Morgan fingerprint density at radius 1 is 1.33 bits per heavy atom. The molecule has 1 heterocycles. The molecule has 1 rings (SSSR count). The minimum absolute atomic E-state index is 0.110. The lowest BCUT2D eigenvalue weighted by atomic mass is 9.97. The second-order valence-electron chi connectivity index (χ2n) is 4.55. The Balaban J connectivity index is 2.30. The third-order valence-electron chi connectivity index (χ3n) is 3.14. The molecule has 120 valence electrons. The number of rotatable bonds is 8. The summed E-state index contributed by atoms with van der Waals surface area (Å²) >= 11 is 0. The maximum atomic E-state index is 12.2. The summed E-state index contributed by atoms with van der Waals surface area (Å²) in [6.07, 6.45) is -1.80. The number of alkyl halides is 2. The van der Waals surface area contributed by atoms with Crippen molar-refractivity contribution in [3.05, 3.63) is 11.7 Å². The fourth-order valence-corrected chi connectivity index (χ4v) is 1.84. The van der Waals surface area contributed by atoms with Gasteiger partial charge in [0.05, 0.1) is 12.6 Å². The molecule has 0 aliphatic heterocycles. The van der Waals surface area contributed by atoms with E-state index in [0.717, 1.165) is 12.8 Å². The van der Waals surface area contributed by atoms with E-state index in [0.29, 0.717) is 0 Å². The lowest BCUT2D eigenvalue weighted by molar-refractivity contribution is 0.103. The van der Waals surface area contributed by atoms with Gasteiger partial charge in [0.1, 0.15) is 0 Å². The van der Waals surface area contributed by atoms with Crippen LogP contribution in [-0.4, -0.2) is 33.9 Å². The number of urea groups is 1. The van der Waals surface area contributed by atoms with Crippen LogP contribution in [0.25, 0.3) is 0 Å². The van der Waals surface area contributed by atoms with Crippen LogP contribution in [0.4, 0.5) is 13.6 Å². The van der Waals surface area contributed by atoms with E-state index in [4.69, 9.17) is 0 Å². The summed E-state index contributed by atoms with van der Waals surface area (Å²) in [5.74, 6) is -0.702. The van der Waals surface area contributed by atoms with Crippen LogP contribution in [0.15, 0.2) is 4.52 Å². The molecule has 0 saturated carbocycles. The van der Waals surface area contributed by atoms with Crippen molar-refractivity contribution < 1.29 is 23.2 Å². The van der Waals surface area contributed by atoms with Gasteiger partial charge in [0.25, 0.3) is 0 Å². The van der Waals surface area contributed by atoms with Crippen LogP contribution in [-0.2, 0) is 6.54 Å². The first kappa shape index (κ1) is 17.3. The number of nitrogens with one attached hydrogen (secondary N) is 2. The van der Waals surface area contributed by atoms with Crippen molar-refractivity contribution in [3.63, 3.8) is 0 Å². The van der Waals surface area contributed by atoms with Crippen molar-refractivity contribution in [1.29, 1.82) is 0 Å². The van der Waals surface area contributed by atoms with E-state index in [9.17, 15) is 18.7 Å². The number of carbonyl (C=O) groups excluding carboxylic acids is 1. The van der Waals surface area contributed by atoms with Crippen LogP contribution in [0, 0.1) is 5.92 Å². The van der Waals surface area contributed by atoms with Crippen LogP contribution in [0.5, 0.6) is 0 Å². The van der Waals surface area contributed by atoms with Crippen molar-refractivity contribution >= 4 is 6.03 Å². The molecule has 0 aliphatic carbocycles. The Morgan fingerprint density at radius 2 is 2.00 bits per heavy atom. The molecule has 7 nitrogen and oxygen atoms in total. The molecule has 1 aromatic heterocycles. The lowest BCUT2D eigenvalue weighted by Crippen LogP contribution is -2.41. The molecule has 0 fully saturated rings. The summed E-state index contributed by atoms with van der Waals surface area (Å²) in [4.78, 5) is 14.9. The second kappa shape index (κ2) is 8.50. The first-order valence-corrected chi connectivity index (χ1v) is 6.78. The van der Waals surface area contributed by atoms with E-state index in [1.165, 1.54) is 0 Å². The predicted octanol–water partition coefficient (Wildman–Crippen LogP) is 1.60. The highest BCUT2D eigenvalue weighted by atomic mass is 19.3. The first-order chi connectivity index (χ1) is 9.97. The molecule has 3 N–H and O–H groups in total. The minimum Gasteiger partial charge on any atom is -0.391 e. The van der Waals surface area contributed by atoms with Gasteiger partial charge in [0.15, 0.2) is 0 Å². The van der Waals surface area contributed by atoms with Gasteiger partial charge in [-0.25, -0.2) is 13.6 Å². The average molecular weight is 306 g/mol. The third kappa shape index (κ3) is 5.62. The van der Waals surface area contributed by atoms with E-state index in [2.05, 4.69) is 25.3 Å². The van der Waals surface area contributed by atoms with Gasteiger partial charge in [-0.1, -0.05) is 31.8 Å². The molecule has 0 unspecified atom stereocenters. The summed E-state index contributed by atoms with van der Waals surface area (Å²) in [5.41, 5.74) is 0. The number of aliphatic hydroxyl groups excluding tert-OH is 1. The lowest BCUT2D eigenvalue weighted by Gasteiger charge is -2.20. The summed E-state index contributed by atoms with van der Waals surface area (Å²) in [6.45, 7) is 3.89. The molecule has 0 saturated heterocycles. The van der Waals surface area contributed by atoms with Gasteiger partial charge in [0, 0.05) is 6.54 Å². The Hall–Kier alpha value is -1.77. The third-order valence-corrected chi connectivity index (χ3v) is 3.14. The largest absolute Gasteiger partial charge is 0.391 e. The van der Waals surface area contributed by atoms with E-state index in [-0.39, 0.29) is 24.9 Å². The summed E-state index contributed by atoms with van der Waals surface area (Å²) in [5, 5.41) is 17.8. The van der Waals surface area contributed by atoms with Gasteiger partial charge in [0.2, 0.25) is 11.7 Å². The highest BCUT2D eigenvalue weighted by Crippen LogP contribution is 2.14. The topological polar surface area (TPSA) is 100 Å². The van der Waals surface area contributed by atoms with Crippen molar-refractivity contribution in [2.24, 2.45) is 5.92 Å². The smallest absolute Gasteiger partial charge is 0.315 e. The fourth-order valence-electron chi connectivity index (χ4n) is 1.84. The standard InChI is InChI=1S/C12H20F2N4O3/c1-3-7(4-2)8(19)5-15-12(20)16-6-9-17-11(10(13)14)18-21-9/h7-8,10,19H,3-6H2,1-2H3,(H2,15,16,20)/t8-/m0/s1. The molecule has 0 bridgehead atoms. The first-order valence-electron chi connectivity index (χ1n) is 6.78. The summed E-state index contributed by atoms with van der Waals surface area (Å²) in [7, 11) is 0. The van der Waals surface area contributed by atoms with Gasteiger partial charge in [-0.2, -0.15) is 4.98 Å². The predicted molar refractivity (Wildman–Crippen MR) is 69.6 cm³/mol.